The average Bonchev–Trinajstić information content (AvgIpc) is 2.40. The second kappa shape index (κ2) is 7.59. The van der Waals surface area contributed by atoms with E-state index in [2.05, 4.69) is 33.2 Å². The van der Waals surface area contributed by atoms with E-state index in [9.17, 15) is 4.79 Å². The van der Waals surface area contributed by atoms with Gasteiger partial charge >= 0.3 is 0 Å². The number of benzene rings is 1. The van der Waals surface area contributed by atoms with Gasteiger partial charge in [0.2, 0.25) is 0 Å². The van der Waals surface area contributed by atoms with Crippen molar-refractivity contribution >= 4 is 21.8 Å². The van der Waals surface area contributed by atoms with E-state index >= 15 is 0 Å². The SMILES string of the molecule is COCC(C)N(C)Cc1ccc(C(=O)NN)cc1Br. The highest BCUT2D eigenvalue weighted by atomic mass is 79.9. The van der Waals surface area contributed by atoms with E-state index in [1.807, 2.05) is 13.1 Å². The predicted molar refractivity (Wildman–Crippen MR) is 78.6 cm³/mol. The fraction of sp³-hybridized carbons (Fsp3) is 0.462. The van der Waals surface area contributed by atoms with E-state index in [0.29, 0.717) is 18.2 Å². The number of hydrogen-bond acceptors (Lipinski definition) is 4. The highest BCUT2D eigenvalue weighted by Crippen LogP contribution is 2.20. The number of carbonyl (C=O) groups excluding carboxylic acids is 1. The van der Waals surface area contributed by atoms with Crippen molar-refractivity contribution in [2.75, 3.05) is 20.8 Å². The third-order valence-corrected chi connectivity index (χ3v) is 3.76. The van der Waals surface area contributed by atoms with Crippen LogP contribution in [0.4, 0.5) is 0 Å². The Morgan fingerprint density at radius 1 is 1.58 bits per heavy atom. The van der Waals surface area contributed by atoms with Gasteiger partial charge in [-0.05, 0) is 31.7 Å². The zero-order valence-corrected chi connectivity index (χ0v) is 13.0. The fourth-order valence-corrected chi connectivity index (χ4v) is 2.20. The highest BCUT2D eigenvalue weighted by molar-refractivity contribution is 9.10. The minimum absolute atomic E-state index is 0.298. The molecule has 19 heavy (non-hydrogen) atoms. The summed E-state index contributed by atoms with van der Waals surface area (Å²) < 4.78 is 6.03. The van der Waals surface area contributed by atoms with E-state index in [1.165, 1.54) is 0 Å². The molecule has 1 aromatic carbocycles. The summed E-state index contributed by atoms with van der Waals surface area (Å²) >= 11 is 3.48. The monoisotopic (exact) mass is 329 g/mol. The minimum atomic E-state index is -0.298. The zero-order chi connectivity index (χ0) is 14.4. The number of halogens is 1. The van der Waals surface area contributed by atoms with E-state index in [-0.39, 0.29) is 5.91 Å². The number of nitrogens with zero attached hydrogens (tertiary/aromatic N) is 1. The molecule has 0 aliphatic heterocycles. The quantitative estimate of drug-likeness (QED) is 0.471. The molecule has 3 N–H and O–H groups in total. The van der Waals surface area contributed by atoms with E-state index in [0.717, 1.165) is 16.6 Å². The molecule has 1 rings (SSSR count). The molecule has 0 saturated heterocycles. The van der Waals surface area contributed by atoms with Crippen LogP contribution >= 0.6 is 15.9 Å². The van der Waals surface area contributed by atoms with Gasteiger partial charge in [0, 0.05) is 29.7 Å². The smallest absolute Gasteiger partial charge is 0.265 e. The summed E-state index contributed by atoms with van der Waals surface area (Å²) in [6, 6.07) is 5.78. The van der Waals surface area contributed by atoms with Crippen molar-refractivity contribution in [1.82, 2.24) is 10.3 Å². The lowest BCUT2D eigenvalue weighted by molar-refractivity contribution is 0.0953. The number of hydrazine groups is 1. The molecular weight excluding hydrogens is 310 g/mol. The second-order valence-corrected chi connectivity index (χ2v) is 5.35. The van der Waals surface area contributed by atoms with Gasteiger partial charge in [-0.2, -0.15) is 0 Å². The molecule has 1 unspecified atom stereocenters. The van der Waals surface area contributed by atoms with Crippen molar-refractivity contribution < 1.29 is 9.53 Å². The molecule has 0 aliphatic carbocycles. The Morgan fingerprint density at radius 3 is 2.79 bits per heavy atom. The summed E-state index contributed by atoms with van der Waals surface area (Å²) in [6.45, 7) is 3.56. The van der Waals surface area contributed by atoms with Gasteiger partial charge in [0.05, 0.1) is 6.61 Å². The van der Waals surface area contributed by atoms with Crippen molar-refractivity contribution in [2.24, 2.45) is 5.84 Å². The van der Waals surface area contributed by atoms with Crippen molar-refractivity contribution in [2.45, 2.75) is 19.5 Å². The predicted octanol–water partition coefficient (Wildman–Crippen LogP) is 1.52. The topological polar surface area (TPSA) is 67.6 Å². The number of methoxy groups -OCH3 is 1. The Labute approximate surface area is 122 Å². The third kappa shape index (κ3) is 4.58. The van der Waals surface area contributed by atoms with E-state index in [4.69, 9.17) is 10.6 Å². The van der Waals surface area contributed by atoms with E-state index in [1.54, 1.807) is 19.2 Å². The summed E-state index contributed by atoms with van der Waals surface area (Å²) in [5, 5.41) is 0. The minimum Gasteiger partial charge on any atom is -0.383 e. The zero-order valence-electron chi connectivity index (χ0n) is 11.4. The molecule has 0 spiro atoms. The van der Waals surface area contributed by atoms with Crippen LogP contribution in [0.15, 0.2) is 22.7 Å². The number of amides is 1. The van der Waals surface area contributed by atoms with Crippen molar-refractivity contribution in [3.63, 3.8) is 0 Å². The van der Waals surface area contributed by atoms with Gasteiger partial charge in [-0.15, -0.1) is 0 Å². The Bertz CT molecular complexity index is 440. The van der Waals surface area contributed by atoms with Crippen LogP contribution in [0.3, 0.4) is 0 Å². The fourth-order valence-electron chi connectivity index (χ4n) is 1.69. The first kappa shape index (κ1) is 16.1. The number of hydrogen-bond donors (Lipinski definition) is 2. The summed E-state index contributed by atoms with van der Waals surface area (Å²) in [6.07, 6.45) is 0. The number of nitrogens with one attached hydrogen (secondary N) is 1. The lowest BCUT2D eigenvalue weighted by Crippen LogP contribution is -2.32. The van der Waals surface area contributed by atoms with Crippen LogP contribution in [-0.2, 0) is 11.3 Å². The maximum atomic E-state index is 11.4. The number of nitrogen functional groups attached to an aromatic ring is 1. The van der Waals surface area contributed by atoms with Gasteiger partial charge in [0.25, 0.3) is 5.91 Å². The molecule has 1 aromatic rings. The number of carbonyl (C=O) groups is 1. The molecule has 106 valence electrons. The molecule has 5 nitrogen and oxygen atoms in total. The molecule has 1 atom stereocenters. The standard InChI is InChI=1S/C13H20BrN3O2/c1-9(8-19-3)17(2)7-11-5-4-10(6-12(11)14)13(18)16-15/h4-6,9H,7-8,15H2,1-3H3,(H,16,18). The molecular formula is C13H20BrN3O2. The molecule has 0 bridgehead atoms. The van der Waals surface area contributed by atoms with Crippen LogP contribution in [0.25, 0.3) is 0 Å². The summed E-state index contributed by atoms with van der Waals surface area (Å²) in [5.74, 6) is 4.81. The maximum absolute atomic E-state index is 11.4. The van der Waals surface area contributed by atoms with Crippen LogP contribution < -0.4 is 11.3 Å². The van der Waals surface area contributed by atoms with Crippen molar-refractivity contribution in [3.05, 3.63) is 33.8 Å². The summed E-state index contributed by atoms with van der Waals surface area (Å²) in [7, 11) is 3.73. The lowest BCUT2D eigenvalue weighted by atomic mass is 10.1. The number of likely N-dealkylation sites (N-methyl/N-ethyl adjacent to an activating group) is 1. The Balaban J connectivity index is 2.77. The summed E-state index contributed by atoms with van der Waals surface area (Å²) in [4.78, 5) is 13.6. The molecule has 0 radical (unpaired) electrons. The first-order chi connectivity index (χ1) is 8.99. The number of nitrogens with two attached hydrogens (primary N) is 1. The molecule has 0 heterocycles. The van der Waals surface area contributed by atoms with Gasteiger partial charge < -0.3 is 4.74 Å². The molecule has 6 heteroatoms. The van der Waals surface area contributed by atoms with Crippen LogP contribution in [0, 0.1) is 0 Å². The second-order valence-electron chi connectivity index (χ2n) is 4.50. The maximum Gasteiger partial charge on any atom is 0.265 e. The molecule has 1 amide bonds. The summed E-state index contributed by atoms with van der Waals surface area (Å²) in [5.41, 5.74) is 3.76. The Hall–Kier alpha value is -0.950. The molecule has 0 aliphatic rings. The third-order valence-electron chi connectivity index (χ3n) is 3.03. The first-order valence-corrected chi connectivity index (χ1v) is 6.77. The molecule has 0 fully saturated rings. The van der Waals surface area contributed by atoms with Crippen LogP contribution in [0.5, 0.6) is 0 Å². The molecule has 0 saturated carbocycles. The largest absolute Gasteiger partial charge is 0.383 e. The Kier molecular flexibility index (Phi) is 6.44. The van der Waals surface area contributed by atoms with Gasteiger partial charge in [0.15, 0.2) is 0 Å². The highest BCUT2D eigenvalue weighted by Gasteiger charge is 2.12. The van der Waals surface area contributed by atoms with E-state index < -0.39 is 0 Å². The van der Waals surface area contributed by atoms with Crippen molar-refractivity contribution in [1.29, 1.82) is 0 Å². The Morgan fingerprint density at radius 2 is 2.26 bits per heavy atom. The number of rotatable bonds is 6. The van der Waals surface area contributed by atoms with Crippen LogP contribution in [-0.4, -0.2) is 37.6 Å². The lowest BCUT2D eigenvalue weighted by Gasteiger charge is -2.24. The van der Waals surface area contributed by atoms with Gasteiger partial charge in [-0.25, -0.2) is 5.84 Å². The normalized spacial score (nSPS) is 12.5. The van der Waals surface area contributed by atoms with Gasteiger partial charge in [-0.3, -0.25) is 15.1 Å². The van der Waals surface area contributed by atoms with Crippen molar-refractivity contribution in [3.8, 4) is 0 Å². The van der Waals surface area contributed by atoms with Crippen LogP contribution in [0.1, 0.15) is 22.8 Å². The van der Waals surface area contributed by atoms with Crippen LogP contribution in [0.2, 0.25) is 0 Å². The number of ether oxygens (including phenoxy) is 1. The van der Waals surface area contributed by atoms with Gasteiger partial charge in [-0.1, -0.05) is 22.0 Å². The first-order valence-electron chi connectivity index (χ1n) is 5.98. The van der Waals surface area contributed by atoms with Gasteiger partial charge in [0.1, 0.15) is 0 Å². The average molecular weight is 330 g/mol. The molecule has 0 aromatic heterocycles.